The van der Waals surface area contributed by atoms with E-state index in [0.717, 1.165) is 0 Å². The predicted octanol–water partition coefficient (Wildman–Crippen LogP) is 8.30. The summed E-state index contributed by atoms with van der Waals surface area (Å²) < 4.78 is 60.1. The van der Waals surface area contributed by atoms with Gasteiger partial charge in [0.25, 0.3) is 0 Å². The van der Waals surface area contributed by atoms with Crippen molar-refractivity contribution in [2.45, 2.75) is 39.3 Å². The number of hydrogen-bond acceptors (Lipinski definition) is 2. The number of para-hydroxylation sites is 2. The third kappa shape index (κ3) is 6.81. The van der Waals surface area contributed by atoms with Crippen LogP contribution in [-0.4, -0.2) is 27.6 Å². The van der Waals surface area contributed by atoms with Crippen LogP contribution >= 0.6 is 0 Å². The highest BCUT2D eigenvalue weighted by molar-refractivity contribution is 6.84. The SMILES string of the molecule is C[Si](C)(C)C#Cc1ccccc1N=C1C(F)=C(F)C(=Nc2ccccc2C#C[Si](C)(C)C)C(F)=C1F. The van der Waals surface area contributed by atoms with Crippen LogP contribution in [0.2, 0.25) is 39.3 Å². The Morgan fingerprint density at radius 2 is 0.833 bits per heavy atom. The van der Waals surface area contributed by atoms with E-state index >= 15 is 17.6 Å². The summed E-state index contributed by atoms with van der Waals surface area (Å²) in [6, 6.07) is 12.8. The first kappa shape index (κ1) is 27.1. The van der Waals surface area contributed by atoms with Gasteiger partial charge in [0.15, 0.2) is 23.3 Å². The summed E-state index contributed by atoms with van der Waals surface area (Å²) in [5, 5.41) is 0. The minimum Gasteiger partial charge on any atom is -0.241 e. The van der Waals surface area contributed by atoms with Crippen molar-refractivity contribution in [3.8, 4) is 22.9 Å². The average molecular weight is 523 g/mol. The number of aliphatic imine (C=N–C) groups is 2. The fraction of sp³-hybridized carbons (Fsp3) is 0.214. The Kier molecular flexibility index (Phi) is 8.03. The second-order valence-corrected chi connectivity index (χ2v) is 19.7. The quantitative estimate of drug-likeness (QED) is 0.164. The average Bonchev–Trinajstić information content (AvgIpc) is 2.81. The van der Waals surface area contributed by atoms with Crippen LogP contribution in [-0.2, 0) is 0 Å². The molecule has 2 nitrogen and oxygen atoms in total. The molecule has 36 heavy (non-hydrogen) atoms. The highest BCUT2D eigenvalue weighted by Gasteiger charge is 2.34. The number of nitrogens with zero attached hydrogens (tertiary/aromatic N) is 2. The summed E-state index contributed by atoms with van der Waals surface area (Å²) >= 11 is 0. The van der Waals surface area contributed by atoms with Crippen LogP contribution in [0.3, 0.4) is 0 Å². The molecule has 1 aliphatic carbocycles. The third-order valence-corrected chi connectivity index (χ3v) is 6.38. The van der Waals surface area contributed by atoms with Crippen LogP contribution in [0.4, 0.5) is 28.9 Å². The summed E-state index contributed by atoms with van der Waals surface area (Å²) in [5.41, 5.74) is 5.18. The molecule has 0 radical (unpaired) electrons. The lowest BCUT2D eigenvalue weighted by Gasteiger charge is -2.14. The molecule has 0 aliphatic heterocycles. The van der Waals surface area contributed by atoms with Gasteiger partial charge in [0.1, 0.15) is 27.6 Å². The lowest BCUT2D eigenvalue weighted by molar-refractivity contribution is 0.546. The maximum absolute atomic E-state index is 15.0. The van der Waals surface area contributed by atoms with Gasteiger partial charge in [-0.05, 0) is 24.3 Å². The van der Waals surface area contributed by atoms with E-state index in [1.807, 2.05) is 39.3 Å². The van der Waals surface area contributed by atoms with E-state index in [9.17, 15) is 0 Å². The van der Waals surface area contributed by atoms with Gasteiger partial charge in [-0.2, -0.15) is 0 Å². The number of benzene rings is 2. The molecule has 1 aliphatic rings. The van der Waals surface area contributed by atoms with E-state index < -0.39 is 50.9 Å². The summed E-state index contributed by atoms with van der Waals surface area (Å²) in [6.07, 6.45) is 0. The van der Waals surface area contributed by atoms with E-state index in [-0.39, 0.29) is 11.4 Å². The van der Waals surface area contributed by atoms with Gasteiger partial charge in [-0.25, -0.2) is 27.5 Å². The Labute approximate surface area is 211 Å². The van der Waals surface area contributed by atoms with E-state index in [4.69, 9.17) is 0 Å². The second-order valence-electron chi connectivity index (χ2n) is 10.2. The number of hydrogen-bond donors (Lipinski definition) is 0. The highest BCUT2D eigenvalue weighted by Crippen LogP contribution is 2.34. The molecular weight excluding hydrogens is 496 g/mol. The van der Waals surface area contributed by atoms with Crippen molar-refractivity contribution in [2.24, 2.45) is 9.98 Å². The number of rotatable bonds is 2. The molecule has 8 heteroatoms. The second kappa shape index (κ2) is 10.7. The molecule has 0 atom stereocenters. The molecule has 0 N–H and O–H groups in total. The maximum atomic E-state index is 15.0. The molecule has 0 spiro atoms. The first-order valence-corrected chi connectivity index (χ1v) is 18.3. The topological polar surface area (TPSA) is 24.7 Å². The van der Waals surface area contributed by atoms with Crippen molar-refractivity contribution in [2.75, 3.05) is 0 Å². The zero-order valence-electron chi connectivity index (χ0n) is 21.0. The Balaban J connectivity index is 2.12. The van der Waals surface area contributed by atoms with Gasteiger partial charge < -0.3 is 0 Å². The van der Waals surface area contributed by atoms with Crippen molar-refractivity contribution >= 4 is 38.9 Å². The largest absolute Gasteiger partial charge is 0.241 e. The zero-order valence-corrected chi connectivity index (χ0v) is 23.0. The van der Waals surface area contributed by atoms with Gasteiger partial charge in [0, 0.05) is 11.1 Å². The molecule has 0 saturated carbocycles. The number of halogens is 4. The minimum absolute atomic E-state index is 0.108. The summed E-state index contributed by atoms with van der Waals surface area (Å²) in [6.45, 7) is 12.3. The summed E-state index contributed by atoms with van der Waals surface area (Å²) in [5.74, 6) is -0.590. The monoisotopic (exact) mass is 522 g/mol. The van der Waals surface area contributed by atoms with Gasteiger partial charge in [-0.3, -0.25) is 0 Å². The molecule has 2 aromatic rings. The molecule has 0 fully saturated rings. The fourth-order valence-electron chi connectivity index (χ4n) is 2.91. The molecule has 0 bridgehead atoms. The Morgan fingerprint density at radius 3 is 1.14 bits per heavy atom. The molecule has 184 valence electrons. The van der Waals surface area contributed by atoms with E-state index in [1.165, 1.54) is 12.1 Å². The van der Waals surface area contributed by atoms with E-state index in [2.05, 4.69) is 32.9 Å². The smallest absolute Gasteiger partial charge is 0.189 e. The van der Waals surface area contributed by atoms with Gasteiger partial charge in [0.2, 0.25) is 0 Å². The molecule has 0 heterocycles. The van der Waals surface area contributed by atoms with Crippen molar-refractivity contribution < 1.29 is 17.6 Å². The molecule has 0 saturated heterocycles. The normalized spacial score (nSPS) is 14.2. The van der Waals surface area contributed by atoms with Crippen molar-refractivity contribution in [1.82, 2.24) is 0 Å². The van der Waals surface area contributed by atoms with Gasteiger partial charge in [0.05, 0.1) is 11.4 Å². The van der Waals surface area contributed by atoms with Crippen LogP contribution in [0, 0.1) is 22.9 Å². The predicted molar refractivity (Wildman–Crippen MR) is 146 cm³/mol. The number of allylic oxidation sites excluding steroid dienone is 4. The van der Waals surface area contributed by atoms with Crippen LogP contribution in [0.25, 0.3) is 0 Å². The molecule has 0 amide bonds. The standard InChI is InChI=1S/C28H26F4N2Si2/c1-35(2,3)17-15-19-11-7-9-13-21(19)33-27-23(29)25(31)28(26(32)24(27)30)34-22-14-10-8-12-20(22)16-18-36(4,5)6/h7-14H,1-6H3. The van der Waals surface area contributed by atoms with Gasteiger partial charge in [-0.1, -0.05) is 75.4 Å². The van der Waals surface area contributed by atoms with Gasteiger partial charge >= 0.3 is 0 Å². The third-order valence-electron chi connectivity index (χ3n) is 4.63. The maximum Gasteiger partial charge on any atom is 0.189 e. The Morgan fingerprint density at radius 1 is 0.528 bits per heavy atom. The summed E-state index contributed by atoms with van der Waals surface area (Å²) in [7, 11) is -3.50. The van der Waals surface area contributed by atoms with Crippen LogP contribution < -0.4 is 0 Å². The Bertz CT molecular complexity index is 1310. The first-order chi connectivity index (χ1) is 16.8. The molecule has 0 unspecified atom stereocenters. The molecule has 0 aromatic heterocycles. The van der Waals surface area contributed by atoms with Gasteiger partial charge in [-0.15, -0.1) is 11.1 Å². The minimum atomic E-state index is -1.75. The van der Waals surface area contributed by atoms with Crippen molar-refractivity contribution in [1.29, 1.82) is 0 Å². The Hall–Kier alpha value is -3.47. The van der Waals surface area contributed by atoms with E-state index in [1.54, 1.807) is 36.4 Å². The lowest BCUT2D eigenvalue weighted by Crippen LogP contribution is -2.17. The fourth-order valence-corrected chi connectivity index (χ4v) is 3.93. The van der Waals surface area contributed by atoms with E-state index in [0.29, 0.717) is 11.1 Å². The first-order valence-electron chi connectivity index (χ1n) is 11.3. The van der Waals surface area contributed by atoms with Crippen LogP contribution in [0.15, 0.2) is 81.8 Å². The molecule has 3 rings (SSSR count). The van der Waals surface area contributed by atoms with Crippen molar-refractivity contribution in [3.63, 3.8) is 0 Å². The van der Waals surface area contributed by atoms with Crippen LogP contribution in [0.1, 0.15) is 11.1 Å². The highest BCUT2D eigenvalue weighted by atomic mass is 28.3. The molecular formula is C28H26F4N2Si2. The van der Waals surface area contributed by atoms with Crippen molar-refractivity contribution in [3.05, 3.63) is 83.0 Å². The molecule has 2 aromatic carbocycles. The lowest BCUT2D eigenvalue weighted by atomic mass is 10.1. The summed E-state index contributed by atoms with van der Waals surface area (Å²) in [4.78, 5) is 7.82. The zero-order chi connectivity index (χ0) is 26.7. The van der Waals surface area contributed by atoms with Crippen LogP contribution in [0.5, 0.6) is 0 Å².